The summed E-state index contributed by atoms with van der Waals surface area (Å²) < 4.78 is 18.6. The van der Waals surface area contributed by atoms with Crippen LogP contribution in [0.1, 0.15) is 0 Å². The predicted octanol–water partition coefficient (Wildman–Crippen LogP) is 1.33. The summed E-state index contributed by atoms with van der Waals surface area (Å²) in [4.78, 5) is 7.85. The number of halogens is 1. The van der Waals surface area contributed by atoms with E-state index in [1.165, 1.54) is 19.2 Å². The largest absolute Gasteiger partial charge is 0.497 e. The van der Waals surface area contributed by atoms with Crippen molar-refractivity contribution in [2.45, 2.75) is 0 Å². The Balaban J connectivity index is 2.27. The Morgan fingerprint density at radius 2 is 2.00 bits per heavy atom. The lowest BCUT2D eigenvalue weighted by molar-refractivity contribution is 0.411. The quantitative estimate of drug-likeness (QED) is 0.649. The second-order valence-corrected chi connectivity index (χ2v) is 4.14. The third kappa shape index (κ3) is 1.87. The summed E-state index contributed by atoms with van der Waals surface area (Å²) in [6.45, 7) is 0. The van der Waals surface area contributed by atoms with Gasteiger partial charge in [-0.05, 0) is 12.1 Å². The predicted molar refractivity (Wildman–Crippen MR) is 72.5 cm³/mol. The molecule has 0 atom stereocenters. The minimum absolute atomic E-state index is 0.0323. The van der Waals surface area contributed by atoms with Gasteiger partial charge in [0.25, 0.3) is 0 Å². The van der Waals surface area contributed by atoms with Gasteiger partial charge in [-0.2, -0.15) is 15.1 Å². The maximum Gasteiger partial charge on any atom is 0.224 e. The number of H-pyrrole nitrogens is 1. The van der Waals surface area contributed by atoms with E-state index in [0.29, 0.717) is 28.0 Å². The molecule has 0 unspecified atom stereocenters. The number of hydrogen-bond donors (Lipinski definition) is 3. The van der Waals surface area contributed by atoms with E-state index in [9.17, 15) is 4.39 Å². The molecule has 0 fully saturated rings. The van der Waals surface area contributed by atoms with Crippen molar-refractivity contribution in [3.05, 3.63) is 24.0 Å². The summed E-state index contributed by atoms with van der Waals surface area (Å²) in [6, 6.07) is 4.27. The molecule has 2 aromatic heterocycles. The lowest BCUT2D eigenvalue weighted by atomic mass is 10.1. The van der Waals surface area contributed by atoms with Crippen molar-refractivity contribution in [3.8, 4) is 17.0 Å². The van der Waals surface area contributed by atoms with Gasteiger partial charge >= 0.3 is 0 Å². The summed E-state index contributed by atoms with van der Waals surface area (Å²) in [6.07, 6.45) is 0. The van der Waals surface area contributed by atoms with Crippen molar-refractivity contribution < 1.29 is 9.13 Å². The van der Waals surface area contributed by atoms with Crippen LogP contribution < -0.4 is 16.2 Å². The molecule has 0 aliphatic rings. The fraction of sp³-hybridized carbons (Fsp3) is 0.0833. The van der Waals surface area contributed by atoms with Crippen LogP contribution in [-0.2, 0) is 0 Å². The highest BCUT2D eigenvalue weighted by Crippen LogP contribution is 2.31. The van der Waals surface area contributed by atoms with Crippen LogP contribution in [0, 0.1) is 5.82 Å². The first-order valence-electron chi connectivity index (χ1n) is 5.70. The number of methoxy groups -OCH3 is 1. The number of fused-ring (bicyclic) bond motifs is 1. The van der Waals surface area contributed by atoms with Gasteiger partial charge in [-0.3, -0.25) is 5.10 Å². The number of benzene rings is 1. The van der Waals surface area contributed by atoms with Gasteiger partial charge in [0.2, 0.25) is 5.95 Å². The molecule has 0 amide bonds. The van der Waals surface area contributed by atoms with Crippen LogP contribution >= 0.6 is 0 Å². The summed E-state index contributed by atoms with van der Waals surface area (Å²) >= 11 is 0. The lowest BCUT2D eigenvalue weighted by Crippen LogP contribution is -2.00. The van der Waals surface area contributed by atoms with Crippen molar-refractivity contribution in [1.29, 1.82) is 0 Å². The van der Waals surface area contributed by atoms with Gasteiger partial charge in [0.1, 0.15) is 17.4 Å². The number of hydrogen-bond acceptors (Lipinski definition) is 6. The molecule has 0 aliphatic carbocycles. The topological polar surface area (TPSA) is 116 Å². The van der Waals surface area contributed by atoms with Crippen molar-refractivity contribution in [2.75, 3.05) is 18.6 Å². The van der Waals surface area contributed by atoms with E-state index in [2.05, 4.69) is 20.2 Å². The number of ether oxygens (including phenoxy) is 1. The smallest absolute Gasteiger partial charge is 0.224 e. The Kier molecular flexibility index (Phi) is 2.63. The van der Waals surface area contributed by atoms with E-state index in [4.69, 9.17) is 16.2 Å². The molecular formula is C12H11FN6O. The van der Waals surface area contributed by atoms with Crippen molar-refractivity contribution in [3.63, 3.8) is 0 Å². The highest BCUT2D eigenvalue weighted by atomic mass is 19.1. The number of anilines is 2. The lowest BCUT2D eigenvalue weighted by Gasteiger charge is -2.05. The van der Waals surface area contributed by atoms with E-state index in [1.54, 1.807) is 6.07 Å². The number of aromatic amines is 1. The van der Waals surface area contributed by atoms with Gasteiger partial charge in [0.15, 0.2) is 5.65 Å². The van der Waals surface area contributed by atoms with Gasteiger partial charge in [-0.15, -0.1) is 0 Å². The standard InChI is InChI=1S/C12H11FN6O/c1-20-7-3-5(2-6(13)4-7)9-8-10(14)16-12(15)17-11(8)19-18-9/h2-4H,1H3,(H5,14,15,16,17,18,19). The molecule has 0 radical (unpaired) electrons. The average molecular weight is 274 g/mol. The van der Waals surface area contributed by atoms with Crippen molar-refractivity contribution >= 4 is 22.8 Å². The molecule has 2 heterocycles. The zero-order valence-electron chi connectivity index (χ0n) is 10.5. The number of nitrogens with zero attached hydrogens (tertiary/aromatic N) is 3. The normalized spacial score (nSPS) is 10.9. The second kappa shape index (κ2) is 4.34. The molecule has 0 bridgehead atoms. The Morgan fingerprint density at radius 3 is 2.75 bits per heavy atom. The van der Waals surface area contributed by atoms with E-state index in [-0.39, 0.29) is 11.8 Å². The maximum absolute atomic E-state index is 13.6. The number of nitrogens with one attached hydrogen (secondary N) is 1. The first-order chi connectivity index (χ1) is 9.58. The minimum atomic E-state index is -0.433. The molecular weight excluding hydrogens is 263 g/mol. The number of aromatic nitrogens is 4. The van der Waals surface area contributed by atoms with Gasteiger partial charge < -0.3 is 16.2 Å². The molecule has 0 spiro atoms. The summed E-state index contributed by atoms with van der Waals surface area (Å²) in [5, 5.41) is 7.26. The third-order valence-electron chi connectivity index (χ3n) is 2.85. The molecule has 20 heavy (non-hydrogen) atoms. The highest BCUT2D eigenvalue weighted by molar-refractivity contribution is 5.98. The van der Waals surface area contributed by atoms with Crippen LogP contribution in [0.4, 0.5) is 16.2 Å². The van der Waals surface area contributed by atoms with E-state index in [0.717, 1.165) is 0 Å². The van der Waals surface area contributed by atoms with Crippen LogP contribution in [0.15, 0.2) is 18.2 Å². The SMILES string of the molecule is COc1cc(F)cc(-c2[nH]nc3nc(N)nc(N)c23)c1. The fourth-order valence-electron chi connectivity index (χ4n) is 2.00. The van der Waals surface area contributed by atoms with Gasteiger partial charge in [-0.1, -0.05) is 0 Å². The first kappa shape index (κ1) is 12.2. The minimum Gasteiger partial charge on any atom is -0.497 e. The van der Waals surface area contributed by atoms with Crippen LogP contribution in [-0.4, -0.2) is 27.3 Å². The van der Waals surface area contributed by atoms with Crippen LogP contribution in [0.3, 0.4) is 0 Å². The van der Waals surface area contributed by atoms with Gasteiger partial charge in [0, 0.05) is 11.6 Å². The molecule has 7 nitrogen and oxygen atoms in total. The highest BCUT2D eigenvalue weighted by Gasteiger charge is 2.15. The van der Waals surface area contributed by atoms with E-state index in [1.807, 2.05) is 0 Å². The van der Waals surface area contributed by atoms with Gasteiger partial charge in [-0.25, -0.2) is 4.39 Å². The fourth-order valence-corrected chi connectivity index (χ4v) is 2.00. The molecule has 0 saturated heterocycles. The molecule has 8 heteroatoms. The van der Waals surface area contributed by atoms with Crippen LogP contribution in [0.5, 0.6) is 5.75 Å². The maximum atomic E-state index is 13.6. The molecule has 0 saturated carbocycles. The van der Waals surface area contributed by atoms with Gasteiger partial charge in [0.05, 0.1) is 18.2 Å². The molecule has 3 rings (SSSR count). The zero-order chi connectivity index (χ0) is 14.3. The van der Waals surface area contributed by atoms with E-state index >= 15 is 0 Å². The van der Waals surface area contributed by atoms with Crippen LogP contribution in [0.2, 0.25) is 0 Å². The Labute approximate surface area is 112 Å². The van der Waals surface area contributed by atoms with E-state index < -0.39 is 5.82 Å². The number of nitrogens with two attached hydrogens (primary N) is 2. The molecule has 3 aromatic rings. The Bertz CT molecular complexity index is 800. The molecule has 102 valence electrons. The Morgan fingerprint density at radius 1 is 1.20 bits per heavy atom. The Hall–Kier alpha value is -2.90. The molecule has 1 aromatic carbocycles. The second-order valence-electron chi connectivity index (χ2n) is 4.14. The first-order valence-corrected chi connectivity index (χ1v) is 5.70. The van der Waals surface area contributed by atoms with Crippen LogP contribution in [0.25, 0.3) is 22.3 Å². The zero-order valence-corrected chi connectivity index (χ0v) is 10.5. The number of rotatable bonds is 2. The molecule has 0 aliphatic heterocycles. The third-order valence-corrected chi connectivity index (χ3v) is 2.85. The molecule has 5 N–H and O–H groups in total. The number of nitrogen functional groups attached to an aromatic ring is 2. The van der Waals surface area contributed by atoms with Crippen molar-refractivity contribution in [2.24, 2.45) is 0 Å². The summed E-state index contributed by atoms with van der Waals surface area (Å²) in [5.74, 6) is 0.166. The monoisotopic (exact) mass is 274 g/mol. The average Bonchev–Trinajstić information content (AvgIpc) is 2.81. The van der Waals surface area contributed by atoms with Crippen molar-refractivity contribution in [1.82, 2.24) is 20.2 Å². The summed E-state index contributed by atoms with van der Waals surface area (Å²) in [5.41, 5.74) is 12.7. The summed E-state index contributed by atoms with van der Waals surface area (Å²) in [7, 11) is 1.46.